The number of para-hydroxylation sites is 1. The molecule has 0 bridgehead atoms. The fourth-order valence-corrected chi connectivity index (χ4v) is 5.42. The van der Waals surface area contributed by atoms with E-state index < -0.39 is 18.0 Å². The molecule has 0 saturated heterocycles. The van der Waals surface area contributed by atoms with Gasteiger partial charge in [0.2, 0.25) is 0 Å². The van der Waals surface area contributed by atoms with Crippen molar-refractivity contribution in [2.45, 2.75) is 59.5 Å². The molecule has 4 aromatic rings. The number of carbonyl (C=O) groups is 3. The number of anilines is 2. The molecule has 5 rings (SSSR count). The summed E-state index contributed by atoms with van der Waals surface area (Å²) in [5.74, 6) is -0.283. The van der Waals surface area contributed by atoms with Crippen LogP contribution in [0.15, 0.2) is 102 Å². The average molecular weight is 618 g/mol. The summed E-state index contributed by atoms with van der Waals surface area (Å²) in [5, 5.41) is 8.90. The smallest absolute Gasteiger partial charge is 0.343 e. The second kappa shape index (κ2) is 14.7. The van der Waals surface area contributed by atoms with Crippen molar-refractivity contribution >= 4 is 34.9 Å². The molecule has 8 heteroatoms. The minimum Gasteiger partial charge on any atom is -0.480 e. The molecule has 2 unspecified atom stereocenters. The zero-order chi connectivity index (χ0) is 32.6. The molecular weight excluding hydrogens is 578 g/mol. The molecule has 1 N–H and O–H groups in total. The monoisotopic (exact) mass is 617 g/mol. The Bertz CT molecular complexity index is 1730. The molecule has 8 nitrogen and oxygen atoms in total. The molecule has 236 valence electrons. The van der Waals surface area contributed by atoms with Crippen molar-refractivity contribution in [3.63, 3.8) is 0 Å². The first-order valence-electron chi connectivity index (χ1n) is 15.6. The fourth-order valence-electron chi connectivity index (χ4n) is 5.42. The molecule has 0 saturated carbocycles. The zero-order valence-corrected chi connectivity index (χ0v) is 26.7. The highest BCUT2D eigenvalue weighted by molar-refractivity contribution is 6.15. The van der Waals surface area contributed by atoms with Crippen molar-refractivity contribution in [2.75, 3.05) is 10.3 Å². The number of esters is 1. The van der Waals surface area contributed by atoms with Crippen LogP contribution < -0.4 is 19.8 Å². The van der Waals surface area contributed by atoms with E-state index in [4.69, 9.17) is 9.47 Å². The molecule has 0 aromatic heterocycles. The topological polar surface area (TPSA) is 97.3 Å². The first kappa shape index (κ1) is 32.2. The molecule has 1 aliphatic rings. The van der Waals surface area contributed by atoms with Gasteiger partial charge in [-0.1, -0.05) is 67.4 Å². The van der Waals surface area contributed by atoms with Crippen LogP contribution in [0.5, 0.6) is 11.5 Å². The van der Waals surface area contributed by atoms with Gasteiger partial charge in [0.25, 0.3) is 11.8 Å². The van der Waals surface area contributed by atoms with Gasteiger partial charge in [-0.25, -0.2) is 9.80 Å². The molecular formula is C38H39N3O5. The lowest BCUT2D eigenvalue weighted by molar-refractivity contribution is -0.123. The quantitative estimate of drug-likeness (QED) is 0.130. The van der Waals surface area contributed by atoms with Crippen LogP contribution >= 0.6 is 0 Å². The maximum atomic E-state index is 13.6. The van der Waals surface area contributed by atoms with E-state index in [9.17, 15) is 14.4 Å². The van der Waals surface area contributed by atoms with Gasteiger partial charge < -0.3 is 14.8 Å². The molecule has 1 aliphatic heterocycles. The average Bonchev–Trinajstić information content (AvgIpc) is 3.33. The van der Waals surface area contributed by atoms with Gasteiger partial charge in [-0.05, 0) is 99.7 Å². The summed E-state index contributed by atoms with van der Waals surface area (Å²) < 4.78 is 11.7. The Hall–Kier alpha value is -5.24. The predicted molar refractivity (Wildman–Crippen MR) is 181 cm³/mol. The Morgan fingerprint density at radius 3 is 2.35 bits per heavy atom. The van der Waals surface area contributed by atoms with E-state index in [1.165, 1.54) is 5.01 Å². The van der Waals surface area contributed by atoms with Crippen molar-refractivity contribution in [3.8, 4) is 11.5 Å². The van der Waals surface area contributed by atoms with Crippen LogP contribution in [0.3, 0.4) is 0 Å². The summed E-state index contributed by atoms with van der Waals surface area (Å²) in [4.78, 5) is 39.8. The predicted octanol–water partition coefficient (Wildman–Crippen LogP) is 7.68. The summed E-state index contributed by atoms with van der Waals surface area (Å²) in [7, 11) is 0. The largest absolute Gasteiger partial charge is 0.480 e. The van der Waals surface area contributed by atoms with E-state index in [2.05, 4.69) is 17.3 Å². The van der Waals surface area contributed by atoms with E-state index in [-0.39, 0.29) is 11.8 Å². The Morgan fingerprint density at radius 1 is 0.913 bits per heavy atom. The lowest BCUT2D eigenvalue weighted by Gasteiger charge is -2.20. The maximum absolute atomic E-state index is 13.6. The third-order valence-corrected chi connectivity index (χ3v) is 7.98. The van der Waals surface area contributed by atoms with E-state index in [0.29, 0.717) is 52.6 Å². The highest BCUT2D eigenvalue weighted by Gasteiger charge is 2.35. The second-order valence-corrected chi connectivity index (χ2v) is 11.6. The zero-order valence-electron chi connectivity index (χ0n) is 26.7. The van der Waals surface area contributed by atoms with Gasteiger partial charge in [-0.15, -0.1) is 0 Å². The number of hydrazone groups is 1. The van der Waals surface area contributed by atoms with Crippen LogP contribution in [0.2, 0.25) is 0 Å². The molecule has 2 atom stereocenters. The van der Waals surface area contributed by atoms with Gasteiger partial charge in [0.1, 0.15) is 11.5 Å². The van der Waals surface area contributed by atoms with E-state index >= 15 is 0 Å². The standard InChI is InChI=1S/C38H39N3O5/c1-5-6-16-35(46-34-22-17-25(2)23-26(34)3)36(42)39-29-18-20-30(21-19-29)41-37(43)33(27(4)40-41)24-28-12-10-11-15-32(28)38(44)45-31-13-8-7-9-14-31/h7-15,17-23,33,35H,5-6,16,24H2,1-4H3,(H,39,42). The van der Waals surface area contributed by atoms with Gasteiger partial charge in [-0.3, -0.25) is 9.59 Å². The van der Waals surface area contributed by atoms with Gasteiger partial charge in [0.05, 0.1) is 17.2 Å². The normalized spacial score (nSPS) is 14.9. The first-order chi connectivity index (χ1) is 22.2. The maximum Gasteiger partial charge on any atom is 0.343 e. The Morgan fingerprint density at radius 2 is 1.63 bits per heavy atom. The van der Waals surface area contributed by atoms with Crippen LogP contribution in [0, 0.1) is 19.8 Å². The van der Waals surface area contributed by atoms with Crippen molar-refractivity contribution in [1.82, 2.24) is 0 Å². The summed E-state index contributed by atoms with van der Waals surface area (Å²) in [6.45, 7) is 7.89. The lowest BCUT2D eigenvalue weighted by Crippen LogP contribution is -2.33. The highest BCUT2D eigenvalue weighted by Crippen LogP contribution is 2.29. The molecule has 0 fully saturated rings. The van der Waals surface area contributed by atoms with E-state index in [1.807, 2.05) is 57.2 Å². The summed E-state index contributed by atoms with van der Waals surface area (Å²) in [5.41, 5.74) is 5.05. The number of benzene rings is 4. The number of hydrogen-bond donors (Lipinski definition) is 1. The van der Waals surface area contributed by atoms with Gasteiger partial charge in [-0.2, -0.15) is 5.10 Å². The number of nitrogens with zero attached hydrogens (tertiary/aromatic N) is 2. The van der Waals surface area contributed by atoms with Crippen molar-refractivity contribution in [1.29, 1.82) is 0 Å². The number of aryl methyl sites for hydroxylation is 2. The molecule has 0 spiro atoms. The number of amides is 2. The summed E-state index contributed by atoms with van der Waals surface area (Å²) in [6.07, 6.45) is 2.07. The van der Waals surface area contributed by atoms with E-state index in [0.717, 1.165) is 24.0 Å². The van der Waals surface area contributed by atoms with Gasteiger partial charge in [0, 0.05) is 11.4 Å². The van der Waals surface area contributed by atoms with Crippen LogP contribution in [0.25, 0.3) is 0 Å². The summed E-state index contributed by atoms with van der Waals surface area (Å²) >= 11 is 0. The minimum absolute atomic E-state index is 0.193. The molecule has 1 heterocycles. The Labute approximate surface area is 270 Å². The Balaban J connectivity index is 1.24. The van der Waals surface area contributed by atoms with Gasteiger partial charge in [0.15, 0.2) is 6.10 Å². The highest BCUT2D eigenvalue weighted by atomic mass is 16.5. The number of rotatable bonds is 12. The van der Waals surface area contributed by atoms with Crippen LogP contribution in [-0.4, -0.2) is 29.6 Å². The molecule has 0 radical (unpaired) electrons. The number of ether oxygens (including phenoxy) is 2. The van der Waals surface area contributed by atoms with Gasteiger partial charge >= 0.3 is 5.97 Å². The second-order valence-electron chi connectivity index (χ2n) is 11.6. The van der Waals surface area contributed by atoms with Crippen molar-refractivity contribution in [2.24, 2.45) is 11.0 Å². The first-order valence-corrected chi connectivity index (χ1v) is 15.6. The Kier molecular flexibility index (Phi) is 10.3. The molecule has 46 heavy (non-hydrogen) atoms. The fraction of sp³-hybridized carbons (Fsp3) is 0.263. The number of hydrogen-bond acceptors (Lipinski definition) is 6. The lowest BCUT2D eigenvalue weighted by atomic mass is 9.92. The van der Waals surface area contributed by atoms with Crippen LogP contribution in [-0.2, 0) is 16.0 Å². The summed E-state index contributed by atoms with van der Waals surface area (Å²) in [6, 6.07) is 29.0. The molecule has 2 amide bonds. The van der Waals surface area contributed by atoms with Crippen molar-refractivity contribution in [3.05, 3.63) is 119 Å². The third kappa shape index (κ3) is 7.69. The molecule has 4 aromatic carbocycles. The number of carbonyl (C=O) groups excluding carboxylic acids is 3. The third-order valence-electron chi connectivity index (χ3n) is 7.98. The number of unbranched alkanes of at least 4 members (excludes halogenated alkanes) is 1. The van der Waals surface area contributed by atoms with E-state index in [1.54, 1.807) is 60.7 Å². The van der Waals surface area contributed by atoms with Crippen molar-refractivity contribution < 1.29 is 23.9 Å². The number of nitrogens with one attached hydrogen (secondary N) is 1. The van der Waals surface area contributed by atoms with Crippen LogP contribution in [0.1, 0.15) is 60.2 Å². The minimum atomic E-state index is -0.637. The SMILES string of the molecule is CCCCC(Oc1ccc(C)cc1C)C(=O)Nc1ccc(N2N=C(C)C(Cc3ccccc3C(=O)Oc3ccccc3)C2=O)cc1. The van der Waals surface area contributed by atoms with Crippen LogP contribution in [0.4, 0.5) is 11.4 Å². The molecule has 0 aliphatic carbocycles.